The zero-order valence-corrected chi connectivity index (χ0v) is 16.0. The molecule has 5 nitrogen and oxygen atoms in total. The predicted molar refractivity (Wildman–Crippen MR) is 107 cm³/mol. The van der Waals surface area contributed by atoms with Crippen molar-refractivity contribution in [3.8, 4) is 0 Å². The van der Waals surface area contributed by atoms with Gasteiger partial charge in [0.2, 0.25) is 5.91 Å². The maximum absolute atomic E-state index is 12.9. The molecule has 1 unspecified atom stereocenters. The molecule has 2 fully saturated rings. The minimum Gasteiger partial charge on any atom is -0.381 e. The zero-order chi connectivity index (χ0) is 19.0. The lowest BCUT2D eigenvalue weighted by Crippen LogP contribution is -2.47. The van der Waals surface area contributed by atoms with Gasteiger partial charge in [0.05, 0.1) is 18.2 Å². The van der Waals surface area contributed by atoms with Crippen LogP contribution in [-0.2, 0) is 14.9 Å². The Morgan fingerprint density at radius 3 is 2.57 bits per heavy atom. The lowest BCUT2D eigenvalue weighted by atomic mass is 9.70. The monoisotopic (exact) mass is 375 g/mol. The van der Waals surface area contributed by atoms with Crippen LogP contribution in [0.5, 0.6) is 0 Å². The summed E-state index contributed by atoms with van der Waals surface area (Å²) in [5, 5.41) is 0. The Labute approximate surface area is 164 Å². The number of fused-ring (bicyclic) bond motifs is 1. The van der Waals surface area contributed by atoms with Gasteiger partial charge in [-0.2, -0.15) is 0 Å². The molecule has 2 saturated heterocycles. The van der Waals surface area contributed by atoms with Crippen LogP contribution in [0.2, 0.25) is 0 Å². The smallest absolute Gasteiger partial charge is 0.228 e. The molecule has 144 valence electrons. The number of likely N-dealkylation sites (tertiary alicyclic amines) is 1. The summed E-state index contributed by atoms with van der Waals surface area (Å²) >= 11 is 0. The molecule has 28 heavy (non-hydrogen) atoms. The van der Waals surface area contributed by atoms with Crippen molar-refractivity contribution in [2.75, 3.05) is 26.3 Å². The number of carbonyl (C=O) groups excluding carboxylic acids is 1. The van der Waals surface area contributed by atoms with E-state index in [4.69, 9.17) is 9.72 Å². The molecular weight excluding hydrogens is 350 g/mol. The summed E-state index contributed by atoms with van der Waals surface area (Å²) in [4.78, 5) is 19.9. The minimum atomic E-state index is -0.157. The number of pyridine rings is 1. The van der Waals surface area contributed by atoms with Crippen LogP contribution in [0.15, 0.2) is 60.9 Å². The maximum atomic E-state index is 12.9. The molecule has 0 radical (unpaired) electrons. The third kappa shape index (κ3) is 2.90. The molecule has 2 aliphatic heterocycles. The van der Waals surface area contributed by atoms with Gasteiger partial charge >= 0.3 is 0 Å². The molecule has 0 spiro atoms. The molecule has 0 saturated carbocycles. The summed E-state index contributed by atoms with van der Waals surface area (Å²) in [5.41, 5.74) is 3.20. The van der Waals surface area contributed by atoms with Crippen molar-refractivity contribution in [1.29, 1.82) is 0 Å². The number of amides is 1. The Morgan fingerprint density at radius 2 is 1.86 bits per heavy atom. The highest BCUT2D eigenvalue weighted by molar-refractivity contribution is 5.79. The second-order valence-electron chi connectivity index (χ2n) is 7.93. The highest BCUT2D eigenvalue weighted by Gasteiger charge is 2.42. The molecule has 4 heterocycles. The predicted octanol–water partition coefficient (Wildman–Crippen LogP) is 3.28. The van der Waals surface area contributed by atoms with E-state index in [9.17, 15) is 4.79 Å². The highest BCUT2D eigenvalue weighted by Crippen LogP contribution is 2.41. The molecule has 1 amide bonds. The van der Waals surface area contributed by atoms with Crippen LogP contribution >= 0.6 is 0 Å². The highest BCUT2D eigenvalue weighted by atomic mass is 16.5. The molecule has 5 heteroatoms. The summed E-state index contributed by atoms with van der Waals surface area (Å²) < 4.78 is 7.51. The Bertz CT molecular complexity index is 935. The number of imidazole rings is 1. The van der Waals surface area contributed by atoms with Gasteiger partial charge in [0.1, 0.15) is 5.65 Å². The van der Waals surface area contributed by atoms with E-state index in [1.165, 1.54) is 5.56 Å². The molecular formula is C23H25N3O2. The van der Waals surface area contributed by atoms with Crippen molar-refractivity contribution < 1.29 is 9.53 Å². The average Bonchev–Trinajstić information content (AvgIpc) is 3.44. The van der Waals surface area contributed by atoms with Crippen LogP contribution in [0.4, 0.5) is 0 Å². The number of benzene rings is 1. The van der Waals surface area contributed by atoms with E-state index < -0.39 is 0 Å². The van der Waals surface area contributed by atoms with Crippen molar-refractivity contribution in [3.63, 3.8) is 0 Å². The number of hydrogen-bond acceptors (Lipinski definition) is 3. The van der Waals surface area contributed by atoms with Crippen molar-refractivity contribution in [3.05, 3.63) is 72.2 Å². The van der Waals surface area contributed by atoms with Gasteiger partial charge in [-0.15, -0.1) is 0 Å². The average molecular weight is 375 g/mol. The third-order valence-corrected chi connectivity index (χ3v) is 6.39. The van der Waals surface area contributed by atoms with Gasteiger partial charge in [-0.05, 0) is 37.0 Å². The van der Waals surface area contributed by atoms with Crippen molar-refractivity contribution in [2.45, 2.75) is 24.7 Å². The van der Waals surface area contributed by atoms with Gasteiger partial charge < -0.3 is 14.0 Å². The zero-order valence-electron chi connectivity index (χ0n) is 16.0. The molecule has 2 aliphatic rings. The first-order chi connectivity index (χ1) is 13.8. The molecule has 0 bridgehead atoms. The summed E-state index contributed by atoms with van der Waals surface area (Å²) in [7, 11) is 0. The summed E-state index contributed by atoms with van der Waals surface area (Å²) in [6, 6.07) is 16.7. The minimum absolute atomic E-state index is 0.0411. The molecule has 5 rings (SSSR count). The van der Waals surface area contributed by atoms with Crippen molar-refractivity contribution >= 4 is 11.6 Å². The third-order valence-electron chi connectivity index (χ3n) is 6.39. The number of ether oxygens (including phenoxy) is 1. The van der Waals surface area contributed by atoms with Crippen LogP contribution in [-0.4, -0.2) is 46.5 Å². The van der Waals surface area contributed by atoms with Crippen molar-refractivity contribution in [2.24, 2.45) is 5.92 Å². The normalized spacial score (nSPS) is 21.9. The van der Waals surface area contributed by atoms with E-state index in [1.807, 2.05) is 29.3 Å². The standard InChI is InChI=1S/C23H25N3O2/c27-22(18-9-15-28-17-18)25-13-10-23(11-14-25,19-6-2-1-3-7-19)20-16-26-12-5-4-8-21(26)24-20/h1-8,12,16,18H,9-11,13-15,17H2. The van der Waals surface area contributed by atoms with Gasteiger partial charge in [-0.3, -0.25) is 4.79 Å². The Kier molecular flexibility index (Phi) is 4.40. The maximum Gasteiger partial charge on any atom is 0.228 e. The van der Waals surface area contributed by atoms with Gasteiger partial charge in [0.25, 0.3) is 0 Å². The van der Waals surface area contributed by atoms with E-state index >= 15 is 0 Å². The number of aromatic nitrogens is 2. The Hall–Kier alpha value is -2.66. The first kappa shape index (κ1) is 17.4. The Morgan fingerprint density at radius 1 is 1.07 bits per heavy atom. The van der Waals surface area contributed by atoms with Crippen molar-refractivity contribution in [1.82, 2.24) is 14.3 Å². The number of hydrogen-bond donors (Lipinski definition) is 0. The van der Waals surface area contributed by atoms with E-state index in [0.29, 0.717) is 13.2 Å². The summed E-state index contributed by atoms with van der Waals surface area (Å²) in [6.07, 6.45) is 6.83. The van der Waals surface area contributed by atoms with Gasteiger partial charge in [0.15, 0.2) is 0 Å². The van der Waals surface area contributed by atoms with Crippen LogP contribution in [0.25, 0.3) is 5.65 Å². The number of piperidine rings is 1. The second-order valence-corrected chi connectivity index (χ2v) is 7.93. The second kappa shape index (κ2) is 7.06. The van der Waals surface area contributed by atoms with Gasteiger partial charge in [0, 0.05) is 37.5 Å². The van der Waals surface area contributed by atoms with Crippen LogP contribution in [0, 0.1) is 5.92 Å². The number of nitrogens with zero attached hydrogens (tertiary/aromatic N) is 3. The summed E-state index contributed by atoms with van der Waals surface area (Å²) in [6.45, 7) is 2.81. The number of carbonyl (C=O) groups is 1. The van der Waals surface area contributed by atoms with E-state index in [0.717, 1.165) is 43.7 Å². The quantitative estimate of drug-likeness (QED) is 0.706. The van der Waals surface area contributed by atoms with E-state index in [2.05, 4.69) is 40.9 Å². The fraction of sp³-hybridized carbons (Fsp3) is 0.391. The molecule has 1 aromatic carbocycles. The van der Waals surface area contributed by atoms with E-state index in [1.54, 1.807) is 0 Å². The molecule has 2 aromatic heterocycles. The van der Waals surface area contributed by atoms with Gasteiger partial charge in [-0.1, -0.05) is 36.4 Å². The fourth-order valence-corrected chi connectivity index (χ4v) is 4.71. The number of rotatable bonds is 3. The topological polar surface area (TPSA) is 46.8 Å². The first-order valence-corrected chi connectivity index (χ1v) is 10.1. The fourth-order valence-electron chi connectivity index (χ4n) is 4.71. The van der Waals surface area contributed by atoms with E-state index in [-0.39, 0.29) is 17.2 Å². The molecule has 0 aliphatic carbocycles. The van der Waals surface area contributed by atoms with Crippen LogP contribution < -0.4 is 0 Å². The lowest BCUT2D eigenvalue weighted by molar-refractivity contribution is -0.137. The molecule has 3 aromatic rings. The lowest BCUT2D eigenvalue weighted by Gasteiger charge is -2.42. The first-order valence-electron chi connectivity index (χ1n) is 10.1. The molecule has 1 atom stereocenters. The van der Waals surface area contributed by atoms with Gasteiger partial charge in [-0.25, -0.2) is 4.98 Å². The summed E-state index contributed by atoms with van der Waals surface area (Å²) in [5.74, 6) is 0.300. The van der Waals surface area contributed by atoms with Crippen LogP contribution in [0.1, 0.15) is 30.5 Å². The molecule has 0 N–H and O–H groups in total. The SMILES string of the molecule is O=C(C1CCOC1)N1CCC(c2ccccc2)(c2cn3ccccc3n2)CC1. The largest absolute Gasteiger partial charge is 0.381 e. The Balaban J connectivity index is 1.48. The van der Waals surface area contributed by atoms with Crippen LogP contribution in [0.3, 0.4) is 0 Å².